The van der Waals surface area contributed by atoms with Crippen molar-refractivity contribution in [2.24, 2.45) is 0 Å². The van der Waals surface area contributed by atoms with Crippen molar-refractivity contribution >= 4 is 23.5 Å². The zero-order valence-electron chi connectivity index (χ0n) is 16.1. The van der Waals surface area contributed by atoms with Crippen LogP contribution in [0.5, 0.6) is 0 Å². The molecule has 0 radical (unpaired) electrons. The summed E-state index contributed by atoms with van der Waals surface area (Å²) in [6.07, 6.45) is 0.938. The molecule has 0 aliphatic carbocycles. The Morgan fingerprint density at radius 2 is 1.07 bits per heavy atom. The topological polar surface area (TPSA) is 149 Å². The zero-order chi connectivity index (χ0) is 22.3. The molecule has 2 aromatic carbocycles. The fourth-order valence-corrected chi connectivity index (χ4v) is 3.51. The SMILES string of the molecule is O=C(O)C(=O)c1ccc(CC(CCO)(CCO)c2ccc(C(=O)C(=O)O)cc2)cc1. The van der Waals surface area contributed by atoms with Crippen LogP contribution in [0, 0.1) is 0 Å². The molecule has 0 amide bonds. The summed E-state index contributed by atoms with van der Waals surface area (Å²) in [7, 11) is 0. The first kappa shape index (κ1) is 22.9. The fraction of sp³-hybridized carbons (Fsp3) is 0.273. The number of hydrogen-bond acceptors (Lipinski definition) is 6. The predicted molar refractivity (Wildman–Crippen MR) is 106 cm³/mol. The van der Waals surface area contributed by atoms with Gasteiger partial charge in [0.15, 0.2) is 0 Å². The van der Waals surface area contributed by atoms with E-state index in [1.54, 1.807) is 24.3 Å². The van der Waals surface area contributed by atoms with E-state index in [4.69, 9.17) is 10.2 Å². The molecular weight excluding hydrogens is 392 g/mol. The molecule has 0 saturated heterocycles. The molecule has 8 nitrogen and oxygen atoms in total. The highest BCUT2D eigenvalue weighted by molar-refractivity contribution is 6.40. The second-order valence-corrected chi connectivity index (χ2v) is 6.95. The molecule has 0 aromatic heterocycles. The van der Waals surface area contributed by atoms with E-state index in [1.807, 2.05) is 0 Å². The van der Waals surface area contributed by atoms with Gasteiger partial charge in [-0.3, -0.25) is 9.59 Å². The van der Waals surface area contributed by atoms with Crippen molar-refractivity contribution in [3.05, 3.63) is 70.8 Å². The average molecular weight is 414 g/mol. The van der Waals surface area contributed by atoms with E-state index >= 15 is 0 Å². The lowest BCUT2D eigenvalue weighted by molar-refractivity contribution is -0.132. The number of carbonyl (C=O) groups is 4. The lowest BCUT2D eigenvalue weighted by Gasteiger charge is -2.34. The average Bonchev–Trinajstić information content (AvgIpc) is 2.73. The molecule has 4 N–H and O–H groups in total. The summed E-state index contributed by atoms with van der Waals surface area (Å²) in [5.41, 5.74) is 0.803. The number of carboxylic acids is 2. The Morgan fingerprint density at radius 3 is 1.43 bits per heavy atom. The van der Waals surface area contributed by atoms with Crippen LogP contribution in [-0.4, -0.2) is 57.1 Å². The minimum atomic E-state index is -1.56. The lowest BCUT2D eigenvalue weighted by atomic mass is 9.71. The van der Waals surface area contributed by atoms with Gasteiger partial charge in [0, 0.05) is 29.8 Å². The van der Waals surface area contributed by atoms with Crippen molar-refractivity contribution in [1.82, 2.24) is 0 Å². The Bertz CT molecular complexity index is 923. The molecule has 2 aromatic rings. The molecule has 0 heterocycles. The molecule has 158 valence electrons. The standard InChI is InChI=1S/C22H22O8/c23-11-9-22(10-12-24,17-7-5-16(6-8-17)19(26)21(29)30)13-14-1-3-15(4-2-14)18(25)20(27)28/h1-8,23-24H,9-13H2,(H,27,28)(H,29,30). The molecule has 0 spiro atoms. The first-order valence-electron chi connectivity index (χ1n) is 9.20. The molecule has 0 unspecified atom stereocenters. The number of ketones is 2. The highest BCUT2D eigenvalue weighted by Crippen LogP contribution is 2.36. The van der Waals surface area contributed by atoms with Crippen LogP contribution in [-0.2, 0) is 21.4 Å². The first-order valence-corrected chi connectivity index (χ1v) is 9.20. The number of Topliss-reactive ketones (excluding diaryl/α,β-unsaturated/α-hetero) is 2. The summed E-state index contributed by atoms with van der Waals surface area (Å²) in [4.78, 5) is 44.9. The maximum Gasteiger partial charge on any atom is 0.377 e. The van der Waals surface area contributed by atoms with Crippen LogP contribution in [0.15, 0.2) is 48.5 Å². The van der Waals surface area contributed by atoms with Crippen molar-refractivity contribution < 1.29 is 39.6 Å². The molecule has 0 aliphatic rings. The Morgan fingerprint density at radius 1 is 0.667 bits per heavy atom. The maximum absolute atomic E-state index is 11.6. The number of rotatable bonds is 11. The van der Waals surface area contributed by atoms with E-state index in [9.17, 15) is 29.4 Å². The quantitative estimate of drug-likeness (QED) is 0.319. The molecule has 0 bridgehead atoms. The second kappa shape index (κ2) is 9.91. The number of aliphatic carboxylic acids is 2. The monoisotopic (exact) mass is 414 g/mol. The van der Waals surface area contributed by atoms with Crippen molar-refractivity contribution in [1.29, 1.82) is 0 Å². The Hall–Kier alpha value is -3.36. The molecule has 0 aliphatic heterocycles. The lowest BCUT2D eigenvalue weighted by Crippen LogP contribution is -2.32. The van der Waals surface area contributed by atoms with Gasteiger partial charge in [0.2, 0.25) is 0 Å². The highest BCUT2D eigenvalue weighted by atomic mass is 16.4. The van der Waals surface area contributed by atoms with Crippen LogP contribution < -0.4 is 0 Å². The van der Waals surface area contributed by atoms with E-state index in [-0.39, 0.29) is 37.2 Å². The van der Waals surface area contributed by atoms with Gasteiger partial charge in [-0.15, -0.1) is 0 Å². The summed E-state index contributed by atoms with van der Waals surface area (Å²) in [5.74, 6) is -5.16. The maximum atomic E-state index is 11.6. The number of hydrogen-bond donors (Lipinski definition) is 4. The molecular formula is C22H22O8. The predicted octanol–water partition coefficient (Wildman–Crippen LogP) is 1.47. The summed E-state index contributed by atoms with van der Waals surface area (Å²) >= 11 is 0. The smallest absolute Gasteiger partial charge is 0.377 e. The first-order chi connectivity index (χ1) is 14.2. The van der Waals surface area contributed by atoms with Gasteiger partial charge in [-0.25, -0.2) is 9.59 Å². The van der Waals surface area contributed by atoms with E-state index in [1.165, 1.54) is 24.3 Å². The van der Waals surface area contributed by atoms with Crippen LogP contribution in [0.25, 0.3) is 0 Å². The third-order valence-electron chi connectivity index (χ3n) is 5.09. The van der Waals surface area contributed by atoms with Gasteiger partial charge in [-0.2, -0.15) is 0 Å². The van der Waals surface area contributed by atoms with Crippen molar-refractivity contribution in [2.75, 3.05) is 13.2 Å². The van der Waals surface area contributed by atoms with Gasteiger partial charge in [-0.1, -0.05) is 48.5 Å². The summed E-state index contributed by atoms with van der Waals surface area (Å²) < 4.78 is 0. The minimum Gasteiger partial charge on any atom is -0.475 e. The molecule has 0 atom stereocenters. The van der Waals surface area contributed by atoms with Crippen molar-refractivity contribution in [3.8, 4) is 0 Å². The van der Waals surface area contributed by atoms with Gasteiger partial charge in [0.1, 0.15) is 0 Å². The Kier molecular flexibility index (Phi) is 7.57. The fourth-order valence-electron chi connectivity index (χ4n) is 3.51. The number of benzene rings is 2. The second-order valence-electron chi connectivity index (χ2n) is 6.95. The number of aliphatic hydroxyl groups is 2. The van der Waals surface area contributed by atoms with E-state index < -0.39 is 28.9 Å². The Balaban J connectivity index is 2.39. The number of carboxylic acid groups (broad SMARTS) is 2. The van der Waals surface area contributed by atoms with Crippen LogP contribution in [0.1, 0.15) is 44.7 Å². The molecule has 0 fully saturated rings. The van der Waals surface area contributed by atoms with Gasteiger partial charge < -0.3 is 20.4 Å². The van der Waals surface area contributed by atoms with Crippen LogP contribution in [0.3, 0.4) is 0 Å². The molecule has 30 heavy (non-hydrogen) atoms. The molecule has 2 rings (SSSR count). The third-order valence-corrected chi connectivity index (χ3v) is 5.09. The third kappa shape index (κ3) is 5.16. The van der Waals surface area contributed by atoms with Gasteiger partial charge in [0.25, 0.3) is 11.6 Å². The number of aliphatic hydroxyl groups excluding tert-OH is 2. The highest BCUT2D eigenvalue weighted by Gasteiger charge is 2.32. The van der Waals surface area contributed by atoms with E-state index in [0.29, 0.717) is 12.0 Å². The summed E-state index contributed by atoms with van der Waals surface area (Å²) in [6, 6.07) is 12.0. The van der Waals surface area contributed by atoms with Crippen LogP contribution >= 0.6 is 0 Å². The van der Waals surface area contributed by atoms with Crippen LogP contribution in [0.2, 0.25) is 0 Å². The summed E-state index contributed by atoms with van der Waals surface area (Å²) in [6.45, 7) is -0.350. The normalized spacial score (nSPS) is 11.1. The molecule has 8 heteroatoms. The van der Waals surface area contributed by atoms with E-state index in [2.05, 4.69) is 0 Å². The van der Waals surface area contributed by atoms with Gasteiger partial charge in [0.05, 0.1) is 0 Å². The van der Waals surface area contributed by atoms with Crippen LogP contribution in [0.4, 0.5) is 0 Å². The van der Waals surface area contributed by atoms with Crippen molar-refractivity contribution in [3.63, 3.8) is 0 Å². The molecule has 0 saturated carbocycles. The van der Waals surface area contributed by atoms with E-state index in [0.717, 1.165) is 5.56 Å². The Labute approximate surface area is 172 Å². The minimum absolute atomic E-state index is 0.0182. The largest absolute Gasteiger partial charge is 0.475 e. The van der Waals surface area contributed by atoms with Gasteiger partial charge in [-0.05, 0) is 30.4 Å². The summed E-state index contributed by atoms with van der Waals surface area (Å²) in [5, 5.41) is 36.9. The number of carbonyl (C=O) groups excluding carboxylic acids is 2. The van der Waals surface area contributed by atoms with Crippen molar-refractivity contribution in [2.45, 2.75) is 24.7 Å². The zero-order valence-corrected chi connectivity index (χ0v) is 16.1. The van der Waals surface area contributed by atoms with Gasteiger partial charge >= 0.3 is 11.9 Å².